The van der Waals surface area contributed by atoms with Crippen LogP contribution in [0.1, 0.15) is 114 Å². The van der Waals surface area contributed by atoms with E-state index in [4.69, 9.17) is 9.98 Å². The van der Waals surface area contributed by atoms with Gasteiger partial charge >= 0.3 is 0 Å². The minimum Gasteiger partial charge on any atom is -0.507 e. The second kappa shape index (κ2) is 17.5. The molecule has 0 amide bonds. The Labute approximate surface area is 290 Å². The molecule has 0 unspecified atom stereocenters. The highest BCUT2D eigenvalue weighted by atomic mass is 16.3. The summed E-state index contributed by atoms with van der Waals surface area (Å²) in [4.78, 5) is 9.95. The lowest BCUT2D eigenvalue weighted by Crippen LogP contribution is -1.99. The number of rotatable bonds is 16. The summed E-state index contributed by atoms with van der Waals surface area (Å²) < 4.78 is 0. The van der Waals surface area contributed by atoms with E-state index in [0.717, 1.165) is 95.8 Å². The van der Waals surface area contributed by atoms with Crippen molar-refractivity contribution in [3.63, 3.8) is 0 Å². The molecule has 4 aromatic carbocycles. The average molecular weight is 647 g/mol. The van der Waals surface area contributed by atoms with Gasteiger partial charge in [0.1, 0.15) is 11.5 Å². The molecule has 4 nitrogen and oxygen atoms in total. The third-order valence-corrected chi connectivity index (χ3v) is 9.11. The van der Waals surface area contributed by atoms with E-state index in [1.165, 1.54) is 11.1 Å². The van der Waals surface area contributed by atoms with Gasteiger partial charge in [-0.25, -0.2) is 0 Å². The number of phenols is 2. The van der Waals surface area contributed by atoms with E-state index in [1.54, 1.807) is 0 Å². The third-order valence-electron chi connectivity index (χ3n) is 9.11. The van der Waals surface area contributed by atoms with Crippen molar-refractivity contribution in [2.75, 3.05) is 0 Å². The molecule has 0 aliphatic carbocycles. The maximum absolute atomic E-state index is 11.3. The second-order valence-electron chi connectivity index (χ2n) is 15.3. The van der Waals surface area contributed by atoms with Gasteiger partial charge in [-0.2, -0.15) is 0 Å². The van der Waals surface area contributed by atoms with E-state index in [1.807, 2.05) is 36.7 Å². The van der Waals surface area contributed by atoms with Gasteiger partial charge in [0.2, 0.25) is 0 Å². The number of fused-ring (bicyclic) bond motifs is 1. The number of hydrogen-bond acceptors (Lipinski definition) is 4. The van der Waals surface area contributed by atoms with Crippen molar-refractivity contribution >= 4 is 34.6 Å². The number of benzene rings is 4. The topological polar surface area (TPSA) is 65.2 Å². The number of nitrogens with zero attached hydrogens (tertiary/aromatic N) is 2. The summed E-state index contributed by atoms with van der Waals surface area (Å²) in [6.07, 6.45) is 11.5. The third kappa shape index (κ3) is 10.5. The van der Waals surface area contributed by atoms with Crippen LogP contribution in [0.5, 0.6) is 11.5 Å². The van der Waals surface area contributed by atoms with Gasteiger partial charge < -0.3 is 10.2 Å². The number of aliphatic imine (C=N–C) groups is 2. The average Bonchev–Trinajstić information content (AvgIpc) is 3.04. The quantitative estimate of drug-likeness (QED) is 0.119. The van der Waals surface area contributed by atoms with Crippen molar-refractivity contribution in [3.8, 4) is 11.5 Å². The maximum Gasteiger partial charge on any atom is 0.127 e. The molecule has 4 aromatic rings. The zero-order valence-electron chi connectivity index (χ0n) is 30.7. The molecule has 0 aliphatic heterocycles. The second-order valence-corrected chi connectivity index (χ2v) is 15.3. The van der Waals surface area contributed by atoms with Crippen LogP contribution in [-0.4, -0.2) is 22.6 Å². The van der Waals surface area contributed by atoms with Gasteiger partial charge in [0, 0.05) is 28.9 Å². The van der Waals surface area contributed by atoms with Gasteiger partial charge in [0.25, 0.3) is 0 Å². The predicted molar refractivity (Wildman–Crippen MR) is 207 cm³/mol. The summed E-state index contributed by atoms with van der Waals surface area (Å²) >= 11 is 0. The summed E-state index contributed by atoms with van der Waals surface area (Å²) in [6.45, 7) is 17.9. The molecule has 0 spiro atoms. The minimum atomic E-state index is 0.326. The minimum absolute atomic E-state index is 0.326. The molecule has 0 aromatic heterocycles. The van der Waals surface area contributed by atoms with Gasteiger partial charge in [-0.05, 0) is 127 Å². The van der Waals surface area contributed by atoms with Gasteiger partial charge in [-0.15, -0.1) is 0 Å². The van der Waals surface area contributed by atoms with Crippen LogP contribution in [-0.2, 0) is 25.7 Å². The first-order chi connectivity index (χ1) is 22.9. The number of aryl methyl sites for hydroxylation is 4. The molecular weight excluding hydrogens is 588 g/mol. The van der Waals surface area contributed by atoms with E-state index in [2.05, 4.69) is 91.8 Å². The molecule has 0 aliphatic rings. The first-order valence-electron chi connectivity index (χ1n) is 18.2. The largest absolute Gasteiger partial charge is 0.507 e. The SMILES string of the molecule is CC(C)CCc1cc(C=Nc2cccc3cccc(N=Cc4cc(CCC(C)C)cc(CCC(C)C)c4O)c23)c(O)c(CCC(C)C)c1. The zero-order chi connectivity index (χ0) is 34.8. The molecular formula is C44H58N2O2. The monoisotopic (exact) mass is 646 g/mol. The van der Waals surface area contributed by atoms with E-state index in [-0.39, 0.29) is 0 Å². The zero-order valence-corrected chi connectivity index (χ0v) is 30.7. The Morgan fingerprint density at radius 3 is 1.27 bits per heavy atom. The summed E-state index contributed by atoms with van der Waals surface area (Å²) in [5.41, 5.74) is 7.58. The maximum atomic E-state index is 11.3. The fraction of sp³-hybridized carbons (Fsp3) is 0.455. The van der Waals surface area contributed by atoms with Gasteiger partial charge in [-0.1, -0.05) is 91.8 Å². The van der Waals surface area contributed by atoms with Crippen LogP contribution in [0.2, 0.25) is 0 Å². The Bertz CT molecular complexity index is 1590. The van der Waals surface area contributed by atoms with E-state index in [9.17, 15) is 10.2 Å². The Kier molecular flexibility index (Phi) is 13.4. The van der Waals surface area contributed by atoms with Crippen LogP contribution in [0.4, 0.5) is 11.4 Å². The van der Waals surface area contributed by atoms with E-state index >= 15 is 0 Å². The number of aromatic hydroxyl groups is 2. The summed E-state index contributed by atoms with van der Waals surface area (Å²) in [5.74, 6) is 3.00. The lowest BCUT2D eigenvalue weighted by molar-refractivity contribution is 0.461. The molecule has 48 heavy (non-hydrogen) atoms. The van der Waals surface area contributed by atoms with E-state index < -0.39 is 0 Å². The normalized spacial score (nSPS) is 12.3. The molecule has 4 heteroatoms. The van der Waals surface area contributed by atoms with Crippen molar-refractivity contribution in [2.24, 2.45) is 33.7 Å². The highest BCUT2D eigenvalue weighted by molar-refractivity contribution is 6.04. The molecule has 0 radical (unpaired) electrons. The molecule has 0 heterocycles. The van der Waals surface area contributed by atoms with Crippen LogP contribution in [0.3, 0.4) is 0 Å². The van der Waals surface area contributed by atoms with Crippen LogP contribution in [0.15, 0.2) is 70.6 Å². The lowest BCUT2D eigenvalue weighted by Gasteiger charge is -2.14. The molecule has 0 atom stereocenters. The Hall–Kier alpha value is -3.92. The lowest BCUT2D eigenvalue weighted by atomic mass is 9.94. The smallest absolute Gasteiger partial charge is 0.127 e. The fourth-order valence-corrected chi connectivity index (χ4v) is 6.04. The summed E-state index contributed by atoms with van der Waals surface area (Å²) in [5, 5.41) is 24.6. The van der Waals surface area contributed by atoms with Crippen LogP contribution >= 0.6 is 0 Å². The van der Waals surface area contributed by atoms with Gasteiger partial charge in [0.05, 0.1) is 11.4 Å². The molecule has 0 fully saturated rings. The first-order valence-corrected chi connectivity index (χ1v) is 18.2. The summed E-state index contributed by atoms with van der Waals surface area (Å²) in [7, 11) is 0. The van der Waals surface area contributed by atoms with Crippen LogP contribution in [0.25, 0.3) is 10.8 Å². The standard InChI is InChI=1S/C44H58N2O2/c1-29(2)15-19-33-23-36(21-17-31(5)6)43(47)38(25-33)27-45-40-13-9-11-35-12-10-14-41(42(35)40)46-28-39-26-34(20-16-30(3)4)24-37(44(39)48)22-18-32(7)8/h9-14,23-32,47-48H,15-22H2,1-8H3. The van der Waals surface area contributed by atoms with Gasteiger partial charge in [0.15, 0.2) is 0 Å². The number of hydrogen-bond donors (Lipinski definition) is 2. The fourth-order valence-electron chi connectivity index (χ4n) is 6.04. The Morgan fingerprint density at radius 2 is 0.896 bits per heavy atom. The van der Waals surface area contributed by atoms with Crippen molar-refractivity contribution in [1.29, 1.82) is 0 Å². The predicted octanol–water partition coefficient (Wildman–Crippen LogP) is 12.1. The highest BCUT2D eigenvalue weighted by Gasteiger charge is 2.13. The first kappa shape index (κ1) is 36.9. The van der Waals surface area contributed by atoms with Crippen molar-refractivity contribution < 1.29 is 10.2 Å². The molecule has 0 saturated carbocycles. The van der Waals surface area contributed by atoms with Crippen molar-refractivity contribution in [1.82, 2.24) is 0 Å². The Balaban J connectivity index is 1.74. The van der Waals surface area contributed by atoms with Crippen molar-refractivity contribution in [3.05, 3.63) is 94.0 Å². The molecule has 0 bridgehead atoms. The number of phenolic OH excluding ortho intramolecular Hbond substituents is 2. The van der Waals surface area contributed by atoms with Gasteiger partial charge in [-0.3, -0.25) is 9.98 Å². The van der Waals surface area contributed by atoms with E-state index in [0.29, 0.717) is 35.2 Å². The molecule has 256 valence electrons. The molecule has 2 N–H and O–H groups in total. The Morgan fingerprint density at radius 1 is 0.521 bits per heavy atom. The highest BCUT2D eigenvalue weighted by Crippen LogP contribution is 2.36. The summed E-state index contributed by atoms with van der Waals surface area (Å²) in [6, 6.07) is 20.8. The van der Waals surface area contributed by atoms with Crippen LogP contribution < -0.4 is 0 Å². The molecule has 0 saturated heterocycles. The molecule has 4 rings (SSSR count). The van der Waals surface area contributed by atoms with Crippen molar-refractivity contribution in [2.45, 2.75) is 107 Å². The van der Waals surface area contributed by atoms with Crippen LogP contribution in [0, 0.1) is 23.7 Å².